The van der Waals surface area contributed by atoms with Crippen LogP contribution in [0.3, 0.4) is 0 Å². The van der Waals surface area contributed by atoms with Gasteiger partial charge in [0.15, 0.2) is 0 Å². The van der Waals surface area contributed by atoms with E-state index in [1.54, 1.807) is 13.8 Å². The van der Waals surface area contributed by atoms with E-state index in [0.29, 0.717) is 16.3 Å². The van der Waals surface area contributed by atoms with Gasteiger partial charge in [0.1, 0.15) is 11.3 Å². The van der Waals surface area contributed by atoms with Gasteiger partial charge in [0, 0.05) is 5.56 Å². The van der Waals surface area contributed by atoms with Crippen LogP contribution in [0.1, 0.15) is 21.5 Å². The lowest BCUT2D eigenvalue weighted by Crippen LogP contribution is -2.03. The third-order valence-corrected chi connectivity index (χ3v) is 2.64. The highest BCUT2D eigenvalue weighted by Crippen LogP contribution is 2.32. The fourth-order valence-electron chi connectivity index (χ4n) is 1.36. The molecule has 3 nitrogen and oxygen atoms in total. The lowest BCUT2D eigenvalue weighted by molar-refractivity contribution is 0.0693. The van der Waals surface area contributed by atoms with Crippen molar-refractivity contribution in [3.8, 4) is 5.75 Å². The number of hydrogen-bond donors (Lipinski definition) is 1. The second-order valence-corrected chi connectivity index (χ2v) is 3.40. The summed E-state index contributed by atoms with van der Waals surface area (Å²) in [6.45, 7) is 3.50. The molecule has 0 heterocycles. The summed E-state index contributed by atoms with van der Waals surface area (Å²) >= 11 is 5.97. The summed E-state index contributed by atoms with van der Waals surface area (Å²) in [7, 11) is 1.43. The monoisotopic (exact) mass is 214 g/mol. The van der Waals surface area contributed by atoms with Crippen molar-refractivity contribution in [3.05, 3.63) is 27.8 Å². The Labute approximate surface area is 87.3 Å². The highest BCUT2D eigenvalue weighted by molar-refractivity contribution is 6.32. The van der Waals surface area contributed by atoms with Gasteiger partial charge in [-0.05, 0) is 25.5 Å². The molecular formula is C10H11ClO3. The standard InChI is InChI=1S/C10H11ClO3/c1-5-4-7(10(12)13)9(14-3)6(2)8(5)11/h4H,1-3H3,(H,12,13). The normalized spacial score (nSPS) is 10.0. The van der Waals surface area contributed by atoms with Crippen molar-refractivity contribution in [1.82, 2.24) is 0 Å². The Kier molecular flexibility index (Phi) is 3.01. The van der Waals surface area contributed by atoms with Crippen LogP contribution in [0.25, 0.3) is 0 Å². The highest BCUT2D eigenvalue weighted by Gasteiger charge is 2.17. The summed E-state index contributed by atoms with van der Waals surface area (Å²) in [5.74, 6) is -0.683. The summed E-state index contributed by atoms with van der Waals surface area (Å²) in [5, 5.41) is 9.46. The fraction of sp³-hybridized carbons (Fsp3) is 0.300. The van der Waals surface area contributed by atoms with E-state index >= 15 is 0 Å². The maximum atomic E-state index is 10.9. The minimum Gasteiger partial charge on any atom is -0.496 e. The van der Waals surface area contributed by atoms with Crippen LogP contribution in [-0.2, 0) is 0 Å². The van der Waals surface area contributed by atoms with Crippen LogP contribution in [0.15, 0.2) is 6.07 Å². The Bertz CT molecular complexity index is 385. The molecule has 0 bridgehead atoms. The SMILES string of the molecule is COc1c(C(=O)O)cc(C)c(Cl)c1C. The zero-order valence-electron chi connectivity index (χ0n) is 8.22. The quantitative estimate of drug-likeness (QED) is 0.823. The lowest BCUT2D eigenvalue weighted by atomic mass is 10.1. The molecule has 4 heteroatoms. The number of carboxylic acid groups (broad SMARTS) is 1. The third-order valence-electron chi connectivity index (χ3n) is 2.06. The van der Waals surface area contributed by atoms with E-state index in [4.69, 9.17) is 21.4 Å². The van der Waals surface area contributed by atoms with Crippen LogP contribution >= 0.6 is 11.6 Å². The average Bonchev–Trinajstić information content (AvgIpc) is 2.13. The van der Waals surface area contributed by atoms with Gasteiger partial charge in [0.05, 0.1) is 12.1 Å². The molecule has 76 valence electrons. The van der Waals surface area contributed by atoms with Crippen molar-refractivity contribution in [2.45, 2.75) is 13.8 Å². The number of aromatic carboxylic acids is 1. The van der Waals surface area contributed by atoms with E-state index in [0.717, 1.165) is 5.56 Å². The van der Waals surface area contributed by atoms with Crippen LogP contribution < -0.4 is 4.74 Å². The minimum atomic E-state index is -1.01. The molecule has 0 atom stereocenters. The zero-order valence-corrected chi connectivity index (χ0v) is 8.97. The predicted molar refractivity (Wildman–Crippen MR) is 54.4 cm³/mol. The maximum absolute atomic E-state index is 10.9. The first-order chi connectivity index (χ1) is 6.49. The van der Waals surface area contributed by atoms with E-state index < -0.39 is 5.97 Å². The first-order valence-corrected chi connectivity index (χ1v) is 4.43. The molecule has 14 heavy (non-hydrogen) atoms. The molecule has 0 saturated carbocycles. The molecule has 0 radical (unpaired) electrons. The highest BCUT2D eigenvalue weighted by atomic mass is 35.5. The van der Waals surface area contributed by atoms with Crippen molar-refractivity contribution in [2.24, 2.45) is 0 Å². The predicted octanol–water partition coefficient (Wildman–Crippen LogP) is 2.66. The van der Waals surface area contributed by atoms with E-state index in [1.165, 1.54) is 13.2 Å². The Morgan fingerprint density at radius 2 is 2.07 bits per heavy atom. The Hall–Kier alpha value is -1.22. The Balaban J connectivity index is 3.51. The first-order valence-electron chi connectivity index (χ1n) is 4.06. The number of carbonyl (C=O) groups is 1. The number of methoxy groups -OCH3 is 1. The molecule has 1 aromatic rings. The minimum absolute atomic E-state index is 0.145. The largest absolute Gasteiger partial charge is 0.496 e. The van der Waals surface area contributed by atoms with Crippen LogP contribution in [0, 0.1) is 13.8 Å². The fourth-order valence-corrected chi connectivity index (χ4v) is 1.51. The topological polar surface area (TPSA) is 46.5 Å². The van der Waals surface area contributed by atoms with Crippen LogP contribution in [0.2, 0.25) is 5.02 Å². The molecule has 0 fully saturated rings. The van der Waals surface area contributed by atoms with Crippen molar-refractivity contribution >= 4 is 17.6 Å². The summed E-state index contributed by atoms with van der Waals surface area (Å²) in [4.78, 5) is 10.9. The summed E-state index contributed by atoms with van der Waals surface area (Å²) in [5.41, 5.74) is 1.54. The van der Waals surface area contributed by atoms with Gasteiger partial charge < -0.3 is 9.84 Å². The number of ether oxygens (including phenoxy) is 1. The smallest absolute Gasteiger partial charge is 0.339 e. The first kappa shape index (κ1) is 10.9. The average molecular weight is 215 g/mol. The molecule has 1 N–H and O–H groups in total. The molecule has 0 aliphatic heterocycles. The molecule has 0 aromatic heterocycles. The molecule has 0 spiro atoms. The summed E-state index contributed by atoms with van der Waals surface area (Å²) in [6.07, 6.45) is 0. The second-order valence-electron chi connectivity index (χ2n) is 3.02. The molecule has 0 saturated heterocycles. The van der Waals surface area contributed by atoms with Crippen LogP contribution in [0.4, 0.5) is 0 Å². The molecular weight excluding hydrogens is 204 g/mol. The van der Waals surface area contributed by atoms with E-state index in [9.17, 15) is 4.79 Å². The number of hydrogen-bond acceptors (Lipinski definition) is 2. The van der Waals surface area contributed by atoms with Gasteiger partial charge in [0.2, 0.25) is 0 Å². The number of aryl methyl sites for hydroxylation is 1. The molecule has 0 aliphatic rings. The molecule has 0 aliphatic carbocycles. The Morgan fingerprint density at radius 1 is 1.50 bits per heavy atom. The van der Waals surface area contributed by atoms with Gasteiger partial charge in [-0.15, -0.1) is 0 Å². The third kappa shape index (κ3) is 1.68. The molecule has 0 amide bonds. The van der Waals surface area contributed by atoms with Gasteiger partial charge in [-0.3, -0.25) is 0 Å². The molecule has 0 unspecified atom stereocenters. The lowest BCUT2D eigenvalue weighted by Gasteiger charge is -2.11. The van der Waals surface area contributed by atoms with Crippen LogP contribution in [-0.4, -0.2) is 18.2 Å². The summed E-state index contributed by atoms with van der Waals surface area (Å²) in [6, 6.07) is 1.51. The van der Waals surface area contributed by atoms with E-state index in [2.05, 4.69) is 0 Å². The number of carboxylic acids is 1. The van der Waals surface area contributed by atoms with E-state index in [-0.39, 0.29) is 5.56 Å². The van der Waals surface area contributed by atoms with E-state index in [1.807, 2.05) is 0 Å². The number of benzene rings is 1. The second kappa shape index (κ2) is 3.88. The maximum Gasteiger partial charge on any atom is 0.339 e. The zero-order chi connectivity index (χ0) is 10.9. The van der Waals surface area contributed by atoms with Gasteiger partial charge in [0.25, 0.3) is 0 Å². The summed E-state index contributed by atoms with van der Waals surface area (Å²) < 4.78 is 5.01. The number of rotatable bonds is 2. The van der Waals surface area contributed by atoms with Gasteiger partial charge in [-0.25, -0.2) is 4.79 Å². The van der Waals surface area contributed by atoms with Crippen molar-refractivity contribution in [3.63, 3.8) is 0 Å². The van der Waals surface area contributed by atoms with Gasteiger partial charge >= 0.3 is 5.97 Å². The van der Waals surface area contributed by atoms with Crippen molar-refractivity contribution in [1.29, 1.82) is 0 Å². The van der Waals surface area contributed by atoms with Crippen LogP contribution in [0.5, 0.6) is 5.75 Å². The molecule has 1 rings (SSSR count). The van der Waals surface area contributed by atoms with Gasteiger partial charge in [-0.2, -0.15) is 0 Å². The van der Waals surface area contributed by atoms with Gasteiger partial charge in [-0.1, -0.05) is 11.6 Å². The van der Waals surface area contributed by atoms with Crippen molar-refractivity contribution < 1.29 is 14.6 Å². The van der Waals surface area contributed by atoms with Crippen molar-refractivity contribution in [2.75, 3.05) is 7.11 Å². The Morgan fingerprint density at radius 3 is 2.50 bits per heavy atom. The number of halogens is 1. The molecule has 1 aromatic carbocycles.